The van der Waals surface area contributed by atoms with Crippen LogP contribution in [0, 0.1) is 13.8 Å². The lowest BCUT2D eigenvalue weighted by molar-refractivity contribution is -0.115. The number of carbonyl (C=O) groups is 1. The quantitative estimate of drug-likeness (QED) is 0.481. The second-order valence-electron chi connectivity index (χ2n) is 5.86. The van der Waals surface area contributed by atoms with E-state index >= 15 is 0 Å². The number of hydrogen-bond acceptors (Lipinski definition) is 7. The van der Waals surface area contributed by atoms with Crippen molar-refractivity contribution in [3.63, 3.8) is 0 Å². The number of rotatable bonds is 7. The number of aryl methyl sites for hydroxylation is 2. The molecule has 0 aliphatic rings. The topological polar surface area (TPSA) is 85.6 Å². The Morgan fingerprint density at radius 1 is 1.44 bits per heavy atom. The Kier molecular flexibility index (Phi) is 6.02. The lowest BCUT2D eigenvalue weighted by Gasteiger charge is -2.11. The molecule has 0 aromatic carbocycles. The maximum atomic E-state index is 12.5. The number of thiazole rings is 1. The molecule has 0 spiro atoms. The molecule has 7 nitrogen and oxygen atoms in total. The van der Waals surface area contributed by atoms with Gasteiger partial charge in [-0.2, -0.15) is 0 Å². The summed E-state index contributed by atoms with van der Waals surface area (Å²) < 4.78 is 1.93. The molecule has 0 aliphatic heterocycles. The van der Waals surface area contributed by atoms with Gasteiger partial charge in [-0.25, -0.2) is 4.98 Å². The lowest BCUT2D eigenvalue weighted by atomic mass is 10.3. The highest BCUT2D eigenvalue weighted by molar-refractivity contribution is 8.00. The molecule has 140 valence electrons. The van der Waals surface area contributed by atoms with E-state index in [-0.39, 0.29) is 11.2 Å². The summed E-state index contributed by atoms with van der Waals surface area (Å²) in [4.78, 5) is 22.1. The van der Waals surface area contributed by atoms with Crippen LogP contribution in [-0.4, -0.2) is 35.9 Å². The Bertz CT molecular complexity index is 931. The van der Waals surface area contributed by atoms with Gasteiger partial charge in [-0.15, -0.1) is 28.1 Å². The summed E-state index contributed by atoms with van der Waals surface area (Å²) >= 11 is 2.82. The highest BCUT2D eigenvalue weighted by atomic mass is 32.2. The molecule has 1 N–H and O–H groups in total. The van der Waals surface area contributed by atoms with E-state index in [0.717, 1.165) is 16.1 Å². The highest BCUT2D eigenvalue weighted by Crippen LogP contribution is 2.28. The minimum atomic E-state index is -0.357. The van der Waals surface area contributed by atoms with Gasteiger partial charge in [0.2, 0.25) is 5.91 Å². The summed E-state index contributed by atoms with van der Waals surface area (Å²) in [6.45, 7) is 10.1. The van der Waals surface area contributed by atoms with E-state index in [1.54, 1.807) is 18.5 Å². The molecule has 3 aromatic heterocycles. The number of anilines is 1. The highest BCUT2D eigenvalue weighted by Gasteiger charge is 2.21. The van der Waals surface area contributed by atoms with E-state index in [9.17, 15) is 4.79 Å². The van der Waals surface area contributed by atoms with E-state index in [1.165, 1.54) is 23.1 Å². The van der Waals surface area contributed by atoms with Crippen molar-refractivity contribution in [2.24, 2.45) is 0 Å². The van der Waals surface area contributed by atoms with Gasteiger partial charge >= 0.3 is 0 Å². The number of carbonyl (C=O) groups excluding carboxylic acids is 1. The first-order chi connectivity index (χ1) is 13.0. The third-order valence-corrected chi connectivity index (χ3v) is 5.93. The van der Waals surface area contributed by atoms with Gasteiger partial charge in [-0.3, -0.25) is 14.3 Å². The van der Waals surface area contributed by atoms with Crippen molar-refractivity contribution in [1.29, 1.82) is 0 Å². The van der Waals surface area contributed by atoms with Gasteiger partial charge < -0.3 is 5.32 Å². The van der Waals surface area contributed by atoms with Gasteiger partial charge in [-0.1, -0.05) is 17.8 Å². The zero-order valence-electron chi connectivity index (χ0n) is 15.3. The third-order valence-electron chi connectivity index (χ3n) is 3.86. The van der Waals surface area contributed by atoms with Crippen LogP contribution in [0.5, 0.6) is 0 Å². The van der Waals surface area contributed by atoms with E-state index in [0.29, 0.717) is 22.7 Å². The normalized spacial score (nSPS) is 12.0. The third kappa shape index (κ3) is 4.42. The largest absolute Gasteiger partial charge is 0.301 e. The molecular weight excluding hydrogens is 380 g/mol. The molecule has 0 radical (unpaired) electrons. The zero-order chi connectivity index (χ0) is 19.4. The summed E-state index contributed by atoms with van der Waals surface area (Å²) in [6.07, 6.45) is 5.22. The first kappa shape index (κ1) is 19.2. The number of aromatic nitrogens is 5. The molecule has 0 saturated carbocycles. The maximum absolute atomic E-state index is 12.5. The van der Waals surface area contributed by atoms with E-state index < -0.39 is 0 Å². The SMILES string of the molecule is C=CCn1c(S[C@@H](C)C(=O)Nc2nc(C)c(C)s2)nnc1-c1cccnc1. The Hall–Kier alpha value is -2.52. The van der Waals surface area contributed by atoms with E-state index in [2.05, 4.69) is 32.1 Å². The van der Waals surface area contributed by atoms with E-state index in [4.69, 9.17) is 0 Å². The van der Waals surface area contributed by atoms with Crippen molar-refractivity contribution in [2.75, 3.05) is 5.32 Å². The van der Waals surface area contributed by atoms with Crippen LogP contribution in [0.2, 0.25) is 0 Å². The number of hydrogen-bond donors (Lipinski definition) is 1. The van der Waals surface area contributed by atoms with Gasteiger partial charge in [0.05, 0.1) is 10.9 Å². The van der Waals surface area contributed by atoms with Gasteiger partial charge in [0.1, 0.15) is 0 Å². The molecule has 9 heteroatoms. The second kappa shape index (κ2) is 8.45. The fourth-order valence-electron chi connectivity index (χ4n) is 2.32. The Morgan fingerprint density at radius 2 is 2.26 bits per heavy atom. The van der Waals surface area contributed by atoms with Crippen LogP contribution in [-0.2, 0) is 11.3 Å². The molecule has 0 aliphatic carbocycles. The van der Waals surface area contributed by atoms with Crippen LogP contribution in [0.25, 0.3) is 11.4 Å². The molecule has 27 heavy (non-hydrogen) atoms. The Balaban J connectivity index is 1.77. The van der Waals surface area contributed by atoms with Gasteiger partial charge in [0.15, 0.2) is 16.1 Å². The molecule has 1 atom stereocenters. The summed E-state index contributed by atoms with van der Waals surface area (Å²) in [5.74, 6) is 0.578. The van der Waals surface area contributed by atoms with Crippen molar-refractivity contribution in [3.05, 3.63) is 47.8 Å². The standard InChI is InChI=1S/C18H20N6OS2/c1-5-9-24-15(14-7-6-8-19-10-14)22-23-18(24)27-13(4)16(25)21-17-20-11(2)12(3)26-17/h5-8,10,13H,1,9H2,2-4H3,(H,20,21,25)/t13-/m0/s1. The Labute approximate surface area is 166 Å². The molecule has 3 heterocycles. The van der Waals surface area contributed by atoms with E-state index in [1.807, 2.05) is 37.5 Å². The van der Waals surface area contributed by atoms with Crippen molar-refractivity contribution in [3.8, 4) is 11.4 Å². The first-order valence-corrected chi connectivity index (χ1v) is 10.0. The number of amides is 1. The maximum Gasteiger partial charge on any atom is 0.239 e. The van der Waals surface area contributed by atoms with Crippen LogP contribution in [0.3, 0.4) is 0 Å². The number of nitrogens with one attached hydrogen (secondary N) is 1. The molecule has 0 bridgehead atoms. The molecule has 0 unspecified atom stereocenters. The molecule has 3 aromatic rings. The average molecular weight is 401 g/mol. The molecular formula is C18H20N6OS2. The molecule has 1 amide bonds. The fourth-order valence-corrected chi connectivity index (χ4v) is 4.00. The van der Waals surface area contributed by atoms with Crippen molar-refractivity contribution >= 4 is 34.1 Å². The summed E-state index contributed by atoms with van der Waals surface area (Å²) in [6, 6.07) is 3.78. The predicted octanol–water partition coefficient (Wildman–Crippen LogP) is 3.72. The van der Waals surface area contributed by atoms with Crippen molar-refractivity contribution in [1.82, 2.24) is 24.7 Å². The van der Waals surface area contributed by atoms with Crippen LogP contribution in [0.4, 0.5) is 5.13 Å². The van der Waals surface area contributed by atoms with Crippen LogP contribution >= 0.6 is 23.1 Å². The lowest BCUT2D eigenvalue weighted by Crippen LogP contribution is -2.22. The first-order valence-electron chi connectivity index (χ1n) is 8.35. The van der Waals surface area contributed by atoms with Gasteiger partial charge in [0.25, 0.3) is 0 Å². The molecule has 0 fully saturated rings. The summed E-state index contributed by atoms with van der Waals surface area (Å²) in [5, 5.41) is 12.3. The zero-order valence-corrected chi connectivity index (χ0v) is 17.0. The second-order valence-corrected chi connectivity index (χ2v) is 8.37. The van der Waals surface area contributed by atoms with Gasteiger partial charge in [-0.05, 0) is 32.9 Å². The summed E-state index contributed by atoms with van der Waals surface area (Å²) in [7, 11) is 0. The number of allylic oxidation sites excluding steroid dienone is 1. The van der Waals surface area contributed by atoms with Crippen LogP contribution in [0.1, 0.15) is 17.5 Å². The molecule has 0 saturated heterocycles. The average Bonchev–Trinajstić information content (AvgIpc) is 3.19. The van der Waals surface area contributed by atoms with Crippen LogP contribution in [0.15, 0.2) is 42.3 Å². The predicted molar refractivity (Wildman–Crippen MR) is 109 cm³/mol. The number of thioether (sulfide) groups is 1. The number of pyridine rings is 1. The smallest absolute Gasteiger partial charge is 0.239 e. The summed E-state index contributed by atoms with van der Waals surface area (Å²) in [5.41, 5.74) is 1.80. The monoisotopic (exact) mass is 400 g/mol. The van der Waals surface area contributed by atoms with Crippen molar-refractivity contribution in [2.45, 2.75) is 37.7 Å². The van der Waals surface area contributed by atoms with Crippen molar-refractivity contribution < 1.29 is 4.79 Å². The number of nitrogens with zero attached hydrogens (tertiary/aromatic N) is 5. The minimum absolute atomic E-state index is 0.121. The molecule has 3 rings (SSSR count). The Morgan fingerprint density at radius 3 is 2.89 bits per heavy atom. The van der Waals surface area contributed by atoms with Crippen LogP contribution < -0.4 is 5.32 Å². The fraction of sp³-hybridized carbons (Fsp3) is 0.278. The van der Waals surface area contributed by atoms with Gasteiger partial charge in [0, 0.05) is 29.4 Å². The minimum Gasteiger partial charge on any atom is -0.301 e.